The van der Waals surface area contributed by atoms with Gasteiger partial charge in [-0.2, -0.15) is 11.8 Å². The molecule has 0 N–H and O–H groups in total. The highest BCUT2D eigenvalue weighted by Crippen LogP contribution is 2.33. The smallest absolute Gasteiger partial charge is 0.311 e. The molecular formula is C21H23BrO5S2. The van der Waals surface area contributed by atoms with Gasteiger partial charge in [0, 0.05) is 22.8 Å². The molecule has 3 rings (SSSR count). The summed E-state index contributed by atoms with van der Waals surface area (Å²) in [6.07, 6.45) is 3.26. The van der Waals surface area contributed by atoms with E-state index >= 15 is 0 Å². The number of hydrogen-bond donors (Lipinski definition) is 0. The van der Waals surface area contributed by atoms with Gasteiger partial charge in [-0.05, 0) is 61.4 Å². The lowest BCUT2D eigenvalue weighted by Gasteiger charge is -2.09. The number of halogens is 1. The molecule has 5 nitrogen and oxygen atoms in total. The molecule has 1 unspecified atom stereocenters. The van der Waals surface area contributed by atoms with Crippen LogP contribution in [0.3, 0.4) is 0 Å². The van der Waals surface area contributed by atoms with Gasteiger partial charge in [0.05, 0.1) is 10.6 Å². The highest BCUT2D eigenvalue weighted by Gasteiger charge is 2.29. The zero-order chi connectivity index (χ0) is 20.7. The molecule has 0 radical (unpaired) electrons. The van der Waals surface area contributed by atoms with Gasteiger partial charge in [-0.15, -0.1) is 0 Å². The number of carbonyl (C=O) groups is 1. The van der Waals surface area contributed by atoms with E-state index < -0.39 is 9.84 Å². The fraction of sp³-hybridized carbons (Fsp3) is 0.381. The van der Waals surface area contributed by atoms with E-state index in [4.69, 9.17) is 9.47 Å². The molecule has 1 aliphatic heterocycles. The third-order valence-corrected chi connectivity index (χ3v) is 7.87. The van der Waals surface area contributed by atoms with Crippen LogP contribution in [0.1, 0.15) is 25.7 Å². The maximum atomic E-state index is 12.3. The lowest BCUT2D eigenvalue weighted by Crippen LogP contribution is -2.10. The van der Waals surface area contributed by atoms with Crippen LogP contribution in [0.5, 0.6) is 17.2 Å². The Morgan fingerprint density at radius 3 is 2.14 bits per heavy atom. The Kier molecular flexibility index (Phi) is 8.03. The zero-order valence-corrected chi connectivity index (χ0v) is 19.1. The fourth-order valence-corrected chi connectivity index (χ4v) is 5.73. The molecule has 1 aliphatic rings. The molecule has 29 heavy (non-hydrogen) atoms. The van der Waals surface area contributed by atoms with E-state index in [0.29, 0.717) is 28.6 Å². The van der Waals surface area contributed by atoms with Gasteiger partial charge >= 0.3 is 5.97 Å². The van der Waals surface area contributed by atoms with Crippen molar-refractivity contribution >= 4 is 43.5 Å². The van der Waals surface area contributed by atoms with E-state index in [9.17, 15) is 13.2 Å². The molecule has 2 aromatic carbocycles. The van der Waals surface area contributed by atoms with Gasteiger partial charge in [0.1, 0.15) is 17.2 Å². The number of unbranched alkanes of at least 4 members (excludes halogenated alkanes) is 2. The molecule has 2 aromatic rings. The summed E-state index contributed by atoms with van der Waals surface area (Å²) in [4.78, 5) is 12.1. The molecule has 8 heteroatoms. The molecule has 0 aliphatic carbocycles. The molecule has 156 valence electrons. The number of benzene rings is 2. The van der Waals surface area contributed by atoms with Gasteiger partial charge in [0.2, 0.25) is 0 Å². The minimum absolute atomic E-state index is 0.189. The van der Waals surface area contributed by atoms with Gasteiger partial charge in [0.25, 0.3) is 0 Å². The molecule has 0 spiro atoms. The minimum atomic E-state index is -3.24. The lowest BCUT2D eigenvalue weighted by molar-refractivity contribution is -0.134. The third kappa shape index (κ3) is 7.35. The highest BCUT2D eigenvalue weighted by atomic mass is 79.9. The number of rotatable bonds is 11. The predicted molar refractivity (Wildman–Crippen MR) is 119 cm³/mol. The van der Waals surface area contributed by atoms with Crippen LogP contribution in [0.15, 0.2) is 53.4 Å². The second-order valence-corrected chi connectivity index (χ2v) is 10.9. The highest BCUT2D eigenvalue weighted by molar-refractivity contribution is 9.09. The Balaban J connectivity index is 1.51. The lowest BCUT2D eigenvalue weighted by atomic mass is 10.2. The number of thioether (sulfide) groups is 1. The van der Waals surface area contributed by atoms with Crippen LogP contribution in [0.25, 0.3) is 0 Å². The summed E-state index contributed by atoms with van der Waals surface area (Å²) >= 11 is 5.04. The predicted octanol–water partition coefficient (Wildman–Crippen LogP) is 5.23. The van der Waals surface area contributed by atoms with Gasteiger partial charge in [0.15, 0.2) is 9.84 Å². The molecule has 1 atom stereocenters. The van der Waals surface area contributed by atoms with Gasteiger partial charge < -0.3 is 9.47 Å². The van der Waals surface area contributed by atoms with Gasteiger partial charge in [-0.1, -0.05) is 22.4 Å². The zero-order valence-electron chi connectivity index (χ0n) is 15.9. The molecular weight excluding hydrogens is 476 g/mol. The number of sulfone groups is 1. The topological polar surface area (TPSA) is 69.7 Å². The van der Waals surface area contributed by atoms with Crippen molar-refractivity contribution in [1.29, 1.82) is 0 Å². The van der Waals surface area contributed by atoms with Crippen LogP contribution >= 0.6 is 27.7 Å². The van der Waals surface area contributed by atoms with Crippen LogP contribution in [-0.2, 0) is 14.6 Å². The summed E-state index contributed by atoms with van der Waals surface area (Å²) in [5, 5.41) is 1.18. The Morgan fingerprint density at radius 1 is 0.966 bits per heavy atom. The van der Waals surface area contributed by atoms with Crippen molar-refractivity contribution in [2.45, 2.75) is 35.8 Å². The van der Waals surface area contributed by atoms with Crippen molar-refractivity contribution in [3.63, 3.8) is 0 Å². The van der Waals surface area contributed by atoms with E-state index in [1.54, 1.807) is 60.3 Å². The molecule has 1 saturated heterocycles. The molecule has 0 aromatic heterocycles. The first-order chi connectivity index (χ1) is 14.0. The second-order valence-electron chi connectivity index (χ2n) is 6.76. The van der Waals surface area contributed by atoms with Crippen LogP contribution in [-0.4, -0.2) is 36.5 Å². The van der Waals surface area contributed by atoms with Crippen molar-refractivity contribution < 1.29 is 22.7 Å². The van der Waals surface area contributed by atoms with Crippen LogP contribution < -0.4 is 9.47 Å². The van der Waals surface area contributed by atoms with Crippen LogP contribution in [0, 0.1) is 0 Å². The van der Waals surface area contributed by atoms with Crippen molar-refractivity contribution in [1.82, 2.24) is 0 Å². The third-order valence-electron chi connectivity index (χ3n) is 4.30. The summed E-state index contributed by atoms with van der Waals surface area (Å²) in [7, 11) is -3.24. The molecule has 0 amide bonds. The number of carbonyl (C=O) groups excluding carboxylic acids is 1. The van der Waals surface area contributed by atoms with Crippen LogP contribution in [0.4, 0.5) is 0 Å². The Labute approximate surface area is 184 Å². The quantitative estimate of drug-likeness (QED) is 0.139. The molecule has 0 saturated carbocycles. The summed E-state index contributed by atoms with van der Waals surface area (Å²) < 4.78 is 35.6. The van der Waals surface area contributed by atoms with Crippen molar-refractivity contribution in [3.8, 4) is 17.2 Å². The van der Waals surface area contributed by atoms with Crippen molar-refractivity contribution in [3.05, 3.63) is 48.5 Å². The van der Waals surface area contributed by atoms with E-state index in [0.717, 1.165) is 30.3 Å². The van der Waals surface area contributed by atoms with Gasteiger partial charge in [-0.3, -0.25) is 4.79 Å². The number of alkyl halides is 1. The minimum Gasteiger partial charge on any atom is -0.457 e. The van der Waals surface area contributed by atoms with Crippen molar-refractivity contribution in [2.75, 3.05) is 16.8 Å². The Bertz CT molecular complexity index is 907. The standard InChI is InChI=1S/C21H23BrO5S2/c22-13-3-1-2-4-21(23)27-18-7-5-16(6-8-18)26-17-9-11-20(12-10-17)29(24,25)15-19-14-28-19/h5-12,19H,1-4,13-15H2. The largest absolute Gasteiger partial charge is 0.457 e. The first kappa shape index (κ1) is 22.2. The number of esters is 1. The van der Waals surface area contributed by atoms with E-state index in [1.807, 2.05) is 0 Å². The van der Waals surface area contributed by atoms with E-state index in [-0.39, 0.29) is 17.0 Å². The number of hydrogen-bond acceptors (Lipinski definition) is 6. The average Bonchev–Trinajstić information content (AvgIpc) is 3.51. The van der Waals surface area contributed by atoms with Gasteiger partial charge in [-0.25, -0.2) is 8.42 Å². The monoisotopic (exact) mass is 498 g/mol. The van der Waals surface area contributed by atoms with Crippen molar-refractivity contribution in [2.24, 2.45) is 0 Å². The maximum absolute atomic E-state index is 12.3. The first-order valence-electron chi connectivity index (χ1n) is 9.45. The Morgan fingerprint density at radius 2 is 1.55 bits per heavy atom. The van der Waals surface area contributed by atoms with E-state index in [2.05, 4.69) is 15.9 Å². The maximum Gasteiger partial charge on any atom is 0.311 e. The summed E-state index contributed by atoms with van der Waals surface area (Å²) in [5.74, 6) is 2.46. The summed E-state index contributed by atoms with van der Waals surface area (Å²) in [5.41, 5.74) is 0. The SMILES string of the molecule is O=C(CCCCCBr)Oc1ccc(Oc2ccc(S(=O)(=O)CC3CS3)cc2)cc1. The Hall–Kier alpha value is -1.51. The molecule has 1 fully saturated rings. The normalized spacial score (nSPS) is 15.7. The first-order valence-corrected chi connectivity index (χ1v) is 13.3. The summed E-state index contributed by atoms with van der Waals surface area (Å²) in [6.45, 7) is 0. The van der Waals surface area contributed by atoms with E-state index in [1.165, 1.54) is 0 Å². The average molecular weight is 499 g/mol. The second kappa shape index (κ2) is 10.5. The van der Waals surface area contributed by atoms with Crippen LogP contribution in [0.2, 0.25) is 0 Å². The fourth-order valence-electron chi connectivity index (χ4n) is 2.66. The molecule has 1 heterocycles. The molecule has 0 bridgehead atoms. The number of ether oxygens (including phenoxy) is 2. The summed E-state index contributed by atoms with van der Waals surface area (Å²) in [6, 6.07) is 13.2.